The molecular formula is C22H34IN5O. The molecule has 1 aromatic carbocycles. The zero-order valence-corrected chi connectivity index (χ0v) is 20.3. The SMILES string of the molecule is CCNC(=NCc1coc(-c2ccc(C)cc2)n1)NC1CCN(C(C)C)CC1.I. The monoisotopic (exact) mass is 511 g/mol. The number of rotatable bonds is 6. The van der Waals surface area contributed by atoms with Gasteiger partial charge in [0.05, 0.1) is 6.54 Å². The highest BCUT2D eigenvalue weighted by Gasteiger charge is 2.21. The van der Waals surface area contributed by atoms with Crippen molar-refractivity contribution in [2.45, 2.75) is 59.2 Å². The third-order valence-corrected chi connectivity index (χ3v) is 5.19. The highest BCUT2D eigenvalue weighted by molar-refractivity contribution is 14.0. The van der Waals surface area contributed by atoms with E-state index < -0.39 is 0 Å². The minimum Gasteiger partial charge on any atom is -0.444 e. The first-order valence-electron chi connectivity index (χ1n) is 10.4. The molecule has 1 saturated heterocycles. The van der Waals surface area contributed by atoms with Crippen molar-refractivity contribution in [1.29, 1.82) is 0 Å². The van der Waals surface area contributed by atoms with E-state index in [4.69, 9.17) is 9.41 Å². The molecule has 7 heteroatoms. The predicted octanol–water partition coefficient (Wildman–Crippen LogP) is 4.20. The fourth-order valence-corrected chi connectivity index (χ4v) is 3.44. The fraction of sp³-hybridized carbons (Fsp3) is 0.545. The molecule has 3 rings (SSSR count). The summed E-state index contributed by atoms with van der Waals surface area (Å²) in [7, 11) is 0. The average Bonchev–Trinajstić information content (AvgIpc) is 3.16. The van der Waals surface area contributed by atoms with Crippen molar-refractivity contribution in [3.63, 3.8) is 0 Å². The molecular weight excluding hydrogens is 477 g/mol. The summed E-state index contributed by atoms with van der Waals surface area (Å²) < 4.78 is 5.64. The highest BCUT2D eigenvalue weighted by atomic mass is 127. The van der Waals surface area contributed by atoms with E-state index in [1.54, 1.807) is 6.26 Å². The Morgan fingerprint density at radius 1 is 1.24 bits per heavy atom. The van der Waals surface area contributed by atoms with Gasteiger partial charge in [-0.1, -0.05) is 17.7 Å². The van der Waals surface area contributed by atoms with Gasteiger partial charge in [-0.15, -0.1) is 24.0 Å². The van der Waals surface area contributed by atoms with Gasteiger partial charge in [-0.3, -0.25) is 0 Å². The predicted molar refractivity (Wildman–Crippen MR) is 130 cm³/mol. The van der Waals surface area contributed by atoms with E-state index in [1.807, 2.05) is 12.1 Å². The lowest BCUT2D eigenvalue weighted by Gasteiger charge is -2.35. The van der Waals surface area contributed by atoms with Crippen LogP contribution in [-0.4, -0.2) is 47.6 Å². The lowest BCUT2D eigenvalue weighted by molar-refractivity contribution is 0.167. The number of likely N-dealkylation sites (tertiary alicyclic amines) is 1. The van der Waals surface area contributed by atoms with Gasteiger partial charge in [-0.2, -0.15) is 0 Å². The zero-order valence-electron chi connectivity index (χ0n) is 17.9. The van der Waals surface area contributed by atoms with Crippen LogP contribution in [0.15, 0.2) is 39.9 Å². The average molecular weight is 511 g/mol. The maximum Gasteiger partial charge on any atom is 0.226 e. The third kappa shape index (κ3) is 6.99. The largest absolute Gasteiger partial charge is 0.444 e. The number of hydrogen-bond donors (Lipinski definition) is 2. The summed E-state index contributed by atoms with van der Waals surface area (Å²) in [6.45, 7) is 12.3. The molecule has 1 aromatic heterocycles. The first-order valence-corrected chi connectivity index (χ1v) is 10.4. The Bertz CT molecular complexity index is 764. The lowest BCUT2D eigenvalue weighted by Crippen LogP contribution is -2.49. The second-order valence-corrected chi connectivity index (χ2v) is 7.75. The number of piperidine rings is 1. The lowest BCUT2D eigenvalue weighted by atomic mass is 10.0. The topological polar surface area (TPSA) is 65.7 Å². The van der Waals surface area contributed by atoms with E-state index in [0.29, 0.717) is 24.5 Å². The Morgan fingerprint density at radius 2 is 1.93 bits per heavy atom. The zero-order chi connectivity index (χ0) is 19.9. The Hall–Kier alpha value is -1.61. The first-order chi connectivity index (χ1) is 13.5. The van der Waals surface area contributed by atoms with Crippen molar-refractivity contribution in [2.75, 3.05) is 19.6 Å². The maximum absolute atomic E-state index is 5.64. The Kier molecular flexibility index (Phi) is 9.42. The Morgan fingerprint density at radius 3 is 2.55 bits per heavy atom. The number of guanidine groups is 1. The second kappa shape index (κ2) is 11.5. The van der Waals surface area contributed by atoms with Gasteiger partial charge in [0.15, 0.2) is 5.96 Å². The molecule has 0 atom stereocenters. The molecule has 0 aliphatic carbocycles. The number of benzene rings is 1. The highest BCUT2D eigenvalue weighted by Crippen LogP contribution is 2.19. The van der Waals surface area contributed by atoms with Crippen LogP contribution in [0, 0.1) is 6.92 Å². The Labute approximate surface area is 191 Å². The minimum absolute atomic E-state index is 0. The molecule has 1 aliphatic rings. The van der Waals surface area contributed by atoms with Gasteiger partial charge in [0.2, 0.25) is 5.89 Å². The molecule has 29 heavy (non-hydrogen) atoms. The van der Waals surface area contributed by atoms with Gasteiger partial charge >= 0.3 is 0 Å². The summed E-state index contributed by atoms with van der Waals surface area (Å²) in [6, 6.07) is 9.28. The van der Waals surface area contributed by atoms with Gasteiger partial charge in [-0.05, 0) is 52.7 Å². The number of aryl methyl sites for hydroxylation is 1. The van der Waals surface area contributed by atoms with E-state index in [-0.39, 0.29) is 24.0 Å². The van der Waals surface area contributed by atoms with Crippen molar-refractivity contribution >= 4 is 29.9 Å². The molecule has 2 aromatic rings. The Balaban J connectivity index is 0.00000300. The molecule has 0 spiro atoms. The van der Waals surface area contributed by atoms with Gasteiger partial charge in [0, 0.05) is 37.3 Å². The number of aliphatic imine (C=N–C) groups is 1. The van der Waals surface area contributed by atoms with Crippen LogP contribution in [0.2, 0.25) is 0 Å². The van der Waals surface area contributed by atoms with Crippen molar-refractivity contribution in [3.8, 4) is 11.5 Å². The van der Waals surface area contributed by atoms with Crippen LogP contribution in [0.5, 0.6) is 0 Å². The molecule has 1 fully saturated rings. The number of halogens is 1. The summed E-state index contributed by atoms with van der Waals surface area (Å²) in [6.07, 6.45) is 3.98. The second-order valence-electron chi connectivity index (χ2n) is 7.75. The van der Waals surface area contributed by atoms with Crippen LogP contribution in [0.4, 0.5) is 0 Å². The molecule has 1 aliphatic heterocycles. The quantitative estimate of drug-likeness (QED) is 0.346. The molecule has 0 amide bonds. The van der Waals surface area contributed by atoms with E-state index in [9.17, 15) is 0 Å². The summed E-state index contributed by atoms with van der Waals surface area (Å²) in [5, 5.41) is 6.93. The number of oxazole rings is 1. The summed E-state index contributed by atoms with van der Waals surface area (Å²) in [5.74, 6) is 1.50. The number of nitrogens with one attached hydrogen (secondary N) is 2. The normalized spacial score (nSPS) is 16.0. The number of aromatic nitrogens is 1. The van der Waals surface area contributed by atoms with E-state index in [0.717, 1.165) is 49.7 Å². The van der Waals surface area contributed by atoms with Gasteiger partial charge < -0.3 is 20.0 Å². The first kappa shape index (κ1) is 23.7. The standard InChI is InChI=1S/C22H33N5O.HI/c1-5-23-22(26-19-10-12-27(13-11-19)16(2)3)24-14-20-15-28-21(25-20)18-8-6-17(4)7-9-18;/h6-9,15-16,19H,5,10-14H2,1-4H3,(H2,23,24,26);1H. The van der Waals surface area contributed by atoms with Crippen molar-refractivity contribution in [2.24, 2.45) is 4.99 Å². The van der Waals surface area contributed by atoms with Crippen molar-refractivity contribution < 1.29 is 4.42 Å². The molecule has 0 saturated carbocycles. The smallest absolute Gasteiger partial charge is 0.226 e. The maximum atomic E-state index is 5.64. The molecule has 0 radical (unpaired) electrons. The van der Waals surface area contributed by atoms with Gasteiger partial charge in [0.25, 0.3) is 0 Å². The van der Waals surface area contributed by atoms with Gasteiger partial charge in [0.1, 0.15) is 12.0 Å². The van der Waals surface area contributed by atoms with Crippen LogP contribution in [-0.2, 0) is 6.54 Å². The van der Waals surface area contributed by atoms with Crippen molar-refractivity contribution in [3.05, 3.63) is 41.8 Å². The molecule has 2 N–H and O–H groups in total. The third-order valence-electron chi connectivity index (χ3n) is 5.19. The van der Waals surface area contributed by atoms with Crippen LogP contribution in [0.1, 0.15) is 44.9 Å². The number of nitrogens with zero attached hydrogens (tertiary/aromatic N) is 3. The van der Waals surface area contributed by atoms with Crippen molar-refractivity contribution in [1.82, 2.24) is 20.5 Å². The molecule has 0 bridgehead atoms. The summed E-state index contributed by atoms with van der Waals surface area (Å²) >= 11 is 0. The fourth-order valence-electron chi connectivity index (χ4n) is 3.44. The van der Waals surface area contributed by atoms with Crippen LogP contribution in [0.3, 0.4) is 0 Å². The van der Waals surface area contributed by atoms with E-state index in [2.05, 4.69) is 60.3 Å². The van der Waals surface area contributed by atoms with E-state index >= 15 is 0 Å². The molecule has 160 valence electrons. The van der Waals surface area contributed by atoms with Crippen LogP contribution in [0.25, 0.3) is 11.5 Å². The molecule has 2 heterocycles. The van der Waals surface area contributed by atoms with Gasteiger partial charge in [-0.25, -0.2) is 9.98 Å². The molecule has 6 nitrogen and oxygen atoms in total. The number of hydrogen-bond acceptors (Lipinski definition) is 4. The minimum atomic E-state index is 0. The summed E-state index contributed by atoms with van der Waals surface area (Å²) in [4.78, 5) is 11.8. The molecule has 0 unspecified atom stereocenters. The van der Waals surface area contributed by atoms with Crippen LogP contribution >= 0.6 is 24.0 Å². The summed E-state index contributed by atoms with van der Waals surface area (Å²) in [5.41, 5.74) is 3.05. The van der Waals surface area contributed by atoms with E-state index in [1.165, 1.54) is 5.56 Å². The van der Waals surface area contributed by atoms with Crippen LogP contribution < -0.4 is 10.6 Å².